The fourth-order valence-electron chi connectivity index (χ4n) is 5.79. The molecule has 0 aromatic heterocycles. The number of benzene rings is 2. The van der Waals surface area contributed by atoms with Crippen LogP contribution in [0.4, 0.5) is 4.79 Å². The Hall–Kier alpha value is -4.21. The lowest BCUT2D eigenvalue weighted by Crippen LogP contribution is -2.56. The molecule has 4 rings (SSSR count). The third-order valence-corrected chi connectivity index (χ3v) is 7.70. The van der Waals surface area contributed by atoms with Crippen LogP contribution in [0.25, 0.3) is 11.1 Å². The second-order valence-electron chi connectivity index (χ2n) is 11.2. The molecular formula is C31H38N4O6. The number of carbonyl (C=O) groups excluding carboxylic acids is 3. The minimum absolute atomic E-state index is 0.0507. The van der Waals surface area contributed by atoms with E-state index >= 15 is 0 Å². The highest BCUT2D eigenvalue weighted by Gasteiger charge is 2.42. The maximum atomic E-state index is 13.7. The van der Waals surface area contributed by atoms with E-state index in [9.17, 15) is 19.2 Å². The van der Waals surface area contributed by atoms with Crippen LogP contribution in [0.2, 0.25) is 0 Å². The summed E-state index contributed by atoms with van der Waals surface area (Å²) >= 11 is 0. The van der Waals surface area contributed by atoms with Crippen LogP contribution < -0.4 is 10.6 Å². The van der Waals surface area contributed by atoms with Crippen molar-refractivity contribution in [2.45, 2.75) is 57.7 Å². The summed E-state index contributed by atoms with van der Waals surface area (Å²) in [5.41, 5.74) is 4.42. The van der Waals surface area contributed by atoms with Gasteiger partial charge in [-0.25, -0.2) is 4.79 Å². The molecule has 2 aromatic carbocycles. The van der Waals surface area contributed by atoms with Gasteiger partial charge in [-0.05, 0) is 40.5 Å². The molecule has 0 saturated carbocycles. The number of alkyl carbamates (subject to hydrolysis) is 1. The second-order valence-corrected chi connectivity index (χ2v) is 11.2. The number of nitrogens with zero attached hydrogens (tertiary/aromatic N) is 2. The van der Waals surface area contributed by atoms with Gasteiger partial charge in [0, 0.05) is 25.7 Å². The van der Waals surface area contributed by atoms with E-state index in [2.05, 4.69) is 27.8 Å². The Morgan fingerprint density at radius 1 is 1.05 bits per heavy atom. The SMILES string of the molecule is CN=C[C@H](CC(=O)O)NC(=O)[C@@H]1C[C@@H](C)CN1C(=O)[C@@H](NC(=O)OCC1c2ccccc2-c2ccccc21)C(C)C. The van der Waals surface area contributed by atoms with Gasteiger partial charge in [0.15, 0.2) is 0 Å². The van der Waals surface area contributed by atoms with E-state index in [0.29, 0.717) is 13.0 Å². The summed E-state index contributed by atoms with van der Waals surface area (Å²) in [5, 5.41) is 14.6. The minimum atomic E-state index is -1.07. The zero-order valence-electron chi connectivity index (χ0n) is 23.9. The highest BCUT2D eigenvalue weighted by Crippen LogP contribution is 2.44. The number of aliphatic carboxylic acids is 1. The molecule has 1 fully saturated rings. The molecule has 4 atom stereocenters. The fourth-order valence-corrected chi connectivity index (χ4v) is 5.79. The number of hydrogen-bond donors (Lipinski definition) is 3. The van der Waals surface area contributed by atoms with E-state index in [1.165, 1.54) is 18.2 Å². The van der Waals surface area contributed by atoms with E-state index < -0.39 is 36.1 Å². The first-order valence-electron chi connectivity index (χ1n) is 14.0. The van der Waals surface area contributed by atoms with E-state index in [-0.39, 0.29) is 36.7 Å². The Balaban J connectivity index is 1.43. The number of rotatable bonds is 10. The number of ether oxygens (including phenoxy) is 1. The number of fused-ring (bicyclic) bond motifs is 3. The molecule has 10 nitrogen and oxygen atoms in total. The van der Waals surface area contributed by atoms with Crippen molar-refractivity contribution in [3.8, 4) is 11.1 Å². The van der Waals surface area contributed by atoms with E-state index in [4.69, 9.17) is 9.84 Å². The van der Waals surface area contributed by atoms with Crippen LogP contribution in [0.5, 0.6) is 0 Å². The van der Waals surface area contributed by atoms with Gasteiger partial charge < -0.3 is 25.4 Å². The van der Waals surface area contributed by atoms with E-state index in [1.807, 2.05) is 57.2 Å². The van der Waals surface area contributed by atoms with Crippen molar-refractivity contribution in [2.75, 3.05) is 20.2 Å². The summed E-state index contributed by atoms with van der Waals surface area (Å²) in [7, 11) is 1.50. The van der Waals surface area contributed by atoms with Crippen LogP contribution in [-0.2, 0) is 19.1 Å². The molecular weight excluding hydrogens is 524 g/mol. The average Bonchev–Trinajstić information content (AvgIpc) is 3.48. The maximum Gasteiger partial charge on any atom is 0.407 e. The van der Waals surface area contributed by atoms with Gasteiger partial charge in [-0.2, -0.15) is 0 Å². The topological polar surface area (TPSA) is 137 Å². The first-order valence-corrected chi connectivity index (χ1v) is 14.0. The van der Waals surface area contributed by atoms with Crippen molar-refractivity contribution in [3.63, 3.8) is 0 Å². The van der Waals surface area contributed by atoms with Gasteiger partial charge in [-0.15, -0.1) is 0 Å². The van der Waals surface area contributed by atoms with Gasteiger partial charge in [0.05, 0.1) is 12.5 Å². The normalized spacial score (nSPS) is 19.5. The molecule has 218 valence electrons. The first kappa shape index (κ1) is 29.8. The number of carboxylic acids is 1. The molecule has 3 amide bonds. The Labute approximate surface area is 240 Å². The third kappa shape index (κ3) is 6.75. The number of likely N-dealkylation sites (tertiary alicyclic amines) is 1. The van der Waals surface area contributed by atoms with Crippen LogP contribution in [-0.4, -0.2) is 78.4 Å². The summed E-state index contributed by atoms with van der Waals surface area (Å²) in [6, 6.07) is 13.6. The van der Waals surface area contributed by atoms with E-state index in [0.717, 1.165) is 22.3 Å². The summed E-state index contributed by atoms with van der Waals surface area (Å²) < 4.78 is 5.67. The van der Waals surface area contributed by atoms with Crippen molar-refractivity contribution in [1.29, 1.82) is 0 Å². The molecule has 1 aliphatic heterocycles. The van der Waals surface area contributed by atoms with Gasteiger partial charge in [0.25, 0.3) is 0 Å². The first-order chi connectivity index (χ1) is 19.6. The Bertz CT molecular complexity index is 1280. The predicted octanol–water partition coefficient (Wildman–Crippen LogP) is 3.45. The lowest BCUT2D eigenvalue weighted by molar-refractivity contribution is -0.141. The Morgan fingerprint density at radius 2 is 1.66 bits per heavy atom. The molecule has 2 aliphatic rings. The van der Waals surface area contributed by atoms with Crippen LogP contribution in [0.15, 0.2) is 53.5 Å². The minimum Gasteiger partial charge on any atom is -0.481 e. The summed E-state index contributed by atoms with van der Waals surface area (Å²) in [5.74, 6) is -2.23. The van der Waals surface area contributed by atoms with Crippen molar-refractivity contribution in [1.82, 2.24) is 15.5 Å². The van der Waals surface area contributed by atoms with Crippen LogP contribution in [0.3, 0.4) is 0 Å². The zero-order valence-corrected chi connectivity index (χ0v) is 23.9. The highest BCUT2D eigenvalue weighted by atomic mass is 16.5. The third-order valence-electron chi connectivity index (χ3n) is 7.70. The fraction of sp³-hybridized carbons (Fsp3) is 0.452. The Kier molecular flexibility index (Phi) is 9.42. The molecule has 0 spiro atoms. The number of hydrogen-bond acceptors (Lipinski definition) is 6. The number of carboxylic acid groups (broad SMARTS) is 1. The zero-order chi connectivity index (χ0) is 29.7. The molecule has 2 aromatic rings. The van der Waals surface area contributed by atoms with E-state index in [1.54, 1.807) is 0 Å². The van der Waals surface area contributed by atoms with Crippen LogP contribution in [0.1, 0.15) is 50.7 Å². The quantitative estimate of drug-likeness (QED) is 0.380. The van der Waals surface area contributed by atoms with Crippen molar-refractivity contribution in [3.05, 3.63) is 59.7 Å². The number of amides is 3. The van der Waals surface area contributed by atoms with Crippen LogP contribution >= 0.6 is 0 Å². The molecule has 0 unspecified atom stereocenters. The maximum absolute atomic E-state index is 13.7. The van der Waals surface area contributed by atoms with Gasteiger partial charge in [0.2, 0.25) is 11.8 Å². The van der Waals surface area contributed by atoms with Crippen LogP contribution in [0, 0.1) is 11.8 Å². The lowest BCUT2D eigenvalue weighted by atomic mass is 9.98. The lowest BCUT2D eigenvalue weighted by Gasteiger charge is -2.31. The molecule has 1 saturated heterocycles. The van der Waals surface area contributed by atoms with Gasteiger partial charge in [-0.1, -0.05) is 69.3 Å². The molecule has 0 radical (unpaired) electrons. The van der Waals surface area contributed by atoms with Crippen molar-refractivity contribution in [2.24, 2.45) is 16.8 Å². The monoisotopic (exact) mass is 562 g/mol. The molecule has 3 N–H and O–H groups in total. The average molecular weight is 563 g/mol. The van der Waals surface area contributed by atoms with Gasteiger partial charge in [-0.3, -0.25) is 19.4 Å². The van der Waals surface area contributed by atoms with Crippen molar-refractivity contribution >= 4 is 30.1 Å². The Morgan fingerprint density at radius 3 is 2.22 bits per heavy atom. The van der Waals surface area contributed by atoms with Gasteiger partial charge >= 0.3 is 12.1 Å². The highest BCUT2D eigenvalue weighted by molar-refractivity contribution is 5.93. The molecule has 41 heavy (non-hydrogen) atoms. The number of nitrogens with one attached hydrogen (secondary N) is 2. The number of carbonyl (C=O) groups is 4. The van der Waals surface area contributed by atoms with Crippen molar-refractivity contribution < 1.29 is 29.0 Å². The smallest absolute Gasteiger partial charge is 0.407 e. The summed E-state index contributed by atoms with van der Waals surface area (Å²) in [6.45, 7) is 6.05. The molecule has 1 aliphatic carbocycles. The molecule has 0 bridgehead atoms. The largest absolute Gasteiger partial charge is 0.481 e. The van der Waals surface area contributed by atoms with Gasteiger partial charge in [0.1, 0.15) is 18.7 Å². The predicted molar refractivity (Wildman–Crippen MR) is 155 cm³/mol. The standard InChI is InChI=1S/C31H38N4O6/c1-18(2)28(30(39)35-16-19(3)13-26(35)29(38)33-20(15-32-4)14-27(36)37)34-31(40)41-17-25-23-11-7-5-9-21(23)22-10-6-8-12-24(22)25/h5-12,15,18-20,25-26,28H,13-14,16-17H2,1-4H3,(H,33,38)(H,34,40)(H,36,37)/t19-,20+,26+,28+/m1/s1. The molecule has 1 heterocycles. The summed E-state index contributed by atoms with van der Waals surface area (Å²) in [6.07, 6.45) is 0.771. The molecule has 10 heteroatoms. The second kappa shape index (κ2) is 13.0. The number of aliphatic imine (C=N–C) groups is 1. The summed E-state index contributed by atoms with van der Waals surface area (Å²) in [4.78, 5) is 56.4.